The molecule has 2 aromatic heterocycles. The maximum atomic E-state index is 12.9. The number of hydrogen-bond acceptors (Lipinski definition) is 6. The van der Waals surface area contributed by atoms with Crippen LogP contribution in [0.15, 0.2) is 29.3 Å². The SMILES string of the molecule is COc1ccc(OC)c(NC(=O)C(C)n2cnc3sc(C)c(C)c3c2=O)c1. The molecule has 142 valence electrons. The summed E-state index contributed by atoms with van der Waals surface area (Å²) >= 11 is 1.48. The van der Waals surface area contributed by atoms with Crippen molar-refractivity contribution in [2.24, 2.45) is 0 Å². The molecule has 0 fully saturated rings. The smallest absolute Gasteiger partial charge is 0.263 e. The summed E-state index contributed by atoms with van der Waals surface area (Å²) in [5, 5.41) is 3.37. The molecule has 0 aliphatic heterocycles. The van der Waals surface area contributed by atoms with E-state index < -0.39 is 6.04 Å². The summed E-state index contributed by atoms with van der Waals surface area (Å²) in [7, 11) is 3.06. The summed E-state index contributed by atoms with van der Waals surface area (Å²) in [6.07, 6.45) is 1.42. The lowest BCUT2D eigenvalue weighted by Crippen LogP contribution is -2.31. The number of amides is 1. The number of ether oxygens (including phenoxy) is 2. The Labute approximate surface area is 160 Å². The van der Waals surface area contributed by atoms with E-state index in [0.29, 0.717) is 27.4 Å². The summed E-state index contributed by atoms with van der Waals surface area (Å²) in [6, 6.07) is 4.36. The van der Waals surface area contributed by atoms with Crippen molar-refractivity contribution in [3.8, 4) is 11.5 Å². The van der Waals surface area contributed by atoms with Gasteiger partial charge in [0.2, 0.25) is 5.91 Å². The van der Waals surface area contributed by atoms with Crippen LogP contribution >= 0.6 is 11.3 Å². The van der Waals surface area contributed by atoms with Gasteiger partial charge in [0.25, 0.3) is 5.56 Å². The highest BCUT2D eigenvalue weighted by molar-refractivity contribution is 7.18. The highest BCUT2D eigenvalue weighted by Gasteiger charge is 2.21. The number of thiophene rings is 1. The number of carbonyl (C=O) groups excluding carboxylic acids is 1. The highest BCUT2D eigenvalue weighted by Crippen LogP contribution is 2.30. The van der Waals surface area contributed by atoms with E-state index >= 15 is 0 Å². The van der Waals surface area contributed by atoms with Crippen LogP contribution in [0, 0.1) is 13.8 Å². The maximum Gasteiger partial charge on any atom is 0.263 e. The van der Waals surface area contributed by atoms with Crippen LogP contribution in [0.4, 0.5) is 5.69 Å². The third kappa shape index (κ3) is 3.40. The van der Waals surface area contributed by atoms with E-state index in [1.807, 2.05) is 13.8 Å². The first kappa shape index (κ1) is 18.9. The van der Waals surface area contributed by atoms with Crippen molar-refractivity contribution in [1.82, 2.24) is 9.55 Å². The average Bonchev–Trinajstić information content (AvgIpc) is 2.96. The maximum absolute atomic E-state index is 12.9. The minimum absolute atomic E-state index is 0.220. The van der Waals surface area contributed by atoms with Gasteiger partial charge >= 0.3 is 0 Å². The van der Waals surface area contributed by atoms with Gasteiger partial charge in [-0.15, -0.1) is 11.3 Å². The molecule has 1 amide bonds. The number of rotatable bonds is 5. The Balaban J connectivity index is 1.95. The van der Waals surface area contributed by atoms with Crippen LogP contribution in [0.25, 0.3) is 10.2 Å². The lowest BCUT2D eigenvalue weighted by atomic mass is 10.2. The molecule has 1 atom stereocenters. The van der Waals surface area contributed by atoms with Crippen molar-refractivity contribution in [3.63, 3.8) is 0 Å². The third-order valence-corrected chi connectivity index (χ3v) is 5.69. The number of nitrogens with zero attached hydrogens (tertiary/aromatic N) is 2. The van der Waals surface area contributed by atoms with Crippen molar-refractivity contribution in [2.75, 3.05) is 19.5 Å². The fraction of sp³-hybridized carbons (Fsp3) is 0.316. The number of aromatic nitrogens is 2. The Morgan fingerprint density at radius 1 is 1.26 bits per heavy atom. The monoisotopic (exact) mass is 387 g/mol. The Hall–Kier alpha value is -2.87. The molecule has 3 rings (SSSR count). The van der Waals surface area contributed by atoms with Gasteiger partial charge in [-0.3, -0.25) is 14.2 Å². The fourth-order valence-corrected chi connectivity index (χ4v) is 3.79. The van der Waals surface area contributed by atoms with Gasteiger partial charge in [0.15, 0.2) is 0 Å². The number of benzene rings is 1. The van der Waals surface area contributed by atoms with E-state index in [4.69, 9.17) is 9.47 Å². The van der Waals surface area contributed by atoms with Gasteiger partial charge in [-0.1, -0.05) is 0 Å². The number of aryl methyl sites for hydroxylation is 2. The second-order valence-corrected chi connectivity index (χ2v) is 7.36. The lowest BCUT2D eigenvalue weighted by molar-refractivity contribution is -0.118. The van der Waals surface area contributed by atoms with Crippen LogP contribution in [0.5, 0.6) is 11.5 Å². The third-order valence-electron chi connectivity index (χ3n) is 4.58. The normalized spacial score (nSPS) is 12.0. The van der Waals surface area contributed by atoms with E-state index in [2.05, 4.69) is 10.3 Å². The first-order valence-corrected chi connectivity index (χ1v) is 9.18. The van der Waals surface area contributed by atoms with Gasteiger partial charge in [-0.05, 0) is 38.5 Å². The van der Waals surface area contributed by atoms with E-state index in [-0.39, 0.29) is 11.5 Å². The number of methoxy groups -OCH3 is 2. The lowest BCUT2D eigenvalue weighted by Gasteiger charge is -2.17. The van der Waals surface area contributed by atoms with E-state index in [9.17, 15) is 9.59 Å². The predicted octanol–water partition coefficient (Wildman–Crippen LogP) is 3.29. The molecular weight excluding hydrogens is 366 g/mol. The minimum Gasteiger partial charge on any atom is -0.497 e. The molecule has 1 unspecified atom stereocenters. The highest BCUT2D eigenvalue weighted by atomic mass is 32.1. The molecule has 0 saturated carbocycles. The van der Waals surface area contributed by atoms with Gasteiger partial charge in [-0.2, -0.15) is 0 Å². The number of hydrogen-bond donors (Lipinski definition) is 1. The first-order valence-electron chi connectivity index (χ1n) is 8.37. The van der Waals surface area contributed by atoms with Gasteiger partial charge in [0, 0.05) is 10.9 Å². The molecule has 3 aromatic rings. The Morgan fingerprint density at radius 2 is 2.00 bits per heavy atom. The van der Waals surface area contributed by atoms with Crippen LogP contribution in [0.3, 0.4) is 0 Å². The van der Waals surface area contributed by atoms with Crippen molar-refractivity contribution in [1.29, 1.82) is 0 Å². The van der Waals surface area contributed by atoms with Crippen molar-refractivity contribution in [2.45, 2.75) is 26.8 Å². The van der Waals surface area contributed by atoms with Gasteiger partial charge < -0.3 is 14.8 Å². The molecule has 7 nitrogen and oxygen atoms in total. The summed E-state index contributed by atoms with van der Waals surface area (Å²) in [6.45, 7) is 5.51. The van der Waals surface area contributed by atoms with Gasteiger partial charge in [-0.25, -0.2) is 4.98 Å². The zero-order chi connectivity index (χ0) is 19.7. The van der Waals surface area contributed by atoms with Gasteiger partial charge in [0.1, 0.15) is 22.4 Å². The van der Waals surface area contributed by atoms with Gasteiger partial charge in [0.05, 0.1) is 31.6 Å². The molecule has 8 heteroatoms. The quantitative estimate of drug-likeness (QED) is 0.726. The zero-order valence-electron chi connectivity index (χ0n) is 15.8. The van der Waals surface area contributed by atoms with Crippen molar-refractivity contribution < 1.29 is 14.3 Å². The molecule has 0 aliphatic rings. The Morgan fingerprint density at radius 3 is 2.67 bits per heavy atom. The van der Waals surface area contributed by atoms with Crippen LogP contribution in [0.2, 0.25) is 0 Å². The number of anilines is 1. The molecule has 0 aliphatic carbocycles. The second kappa shape index (κ2) is 7.40. The molecule has 1 N–H and O–H groups in total. The molecule has 1 aromatic carbocycles. The Bertz CT molecular complexity index is 1070. The Kier molecular flexibility index (Phi) is 5.18. The minimum atomic E-state index is -0.745. The number of nitrogens with one attached hydrogen (secondary N) is 1. The summed E-state index contributed by atoms with van der Waals surface area (Å²) in [4.78, 5) is 31.7. The van der Waals surface area contributed by atoms with Crippen LogP contribution in [0.1, 0.15) is 23.4 Å². The topological polar surface area (TPSA) is 82.4 Å². The van der Waals surface area contributed by atoms with Crippen molar-refractivity contribution in [3.05, 3.63) is 45.3 Å². The molecule has 2 heterocycles. The zero-order valence-corrected chi connectivity index (χ0v) is 16.6. The summed E-state index contributed by atoms with van der Waals surface area (Å²) in [5.74, 6) is 0.736. The molecule has 0 saturated heterocycles. The molecule has 0 radical (unpaired) electrons. The standard InChI is InChI=1S/C19H21N3O4S/c1-10-12(3)27-18-16(10)19(24)22(9-20-18)11(2)17(23)21-14-8-13(25-4)6-7-15(14)26-5/h6-9,11H,1-5H3,(H,21,23). The van der Waals surface area contributed by atoms with E-state index in [0.717, 1.165) is 10.4 Å². The summed E-state index contributed by atoms with van der Waals surface area (Å²) < 4.78 is 11.8. The van der Waals surface area contributed by atoms with E-state index in [1.165, 1.54) is 29.3 Å². The molecule has 27 heavy (non-hydrogen) atoms. The van der Waals surface area contributed by atoms with Crippen LogP contribution in [-0.2, 0) is 4.79 Å². The average molecular weight is 387 g/mol. The molecule has 0 bridgehead atoms. The van der Waals surface area contributed by atoms with Crippen LogP contribution < -0.4 is 20.3 Å². The number of fused-ring (bicyclic) bond motifs is 1. The molecular formula is C19H21N3O4S. The second-order valence-electron chi connectivity index (χ2n) is 6.15. The van der Waals surface area contributed by atoms with Crippen LogP contribution in [-0.4, -0.2) is 29.7 Å². The number of carbonyl (C=O) groups is 1. The predicted molar refractivity (Wildman–Crippen MR) is 106 cm³/mol. The molecule has 0 spiro atoms. The van der Waals surface area contributed by atoms with E-state index in [1.54, 1.807) is 32.2 Å². The first-order chi connectivity index (χ1) is 12.9. The fourth-order valence-electron chi connectivity index (χ4n) is 2.80. The largest absolute Gasteiger partial charge is 0.497 e. The van der Waals surface area contributed by atoms with Crippen molar-refractivity contribution >= 4 is 33.1 Å². The summed E-state index contributed by atoms with van der Waals surface area (Å²) in [5.41, 5.74) is 1.16.